The van der Waals surface area contributed by atoms with Crippen LogP contribution in [0.3, 0.4) is 0 Å². The second kappa shape index (κ2) is 9.87. The lowest BCUT2D eigenvalue weighted by Crippen LogP contribution is -2.32. The number of esters is 1. The molecule has 3 aromatic rings. The molecule has 0 unspecified atom stereocenters. The summed E-state index contributed by atoms with van der Waals surface area (Å²) >= 11 is 5.69. The standard InChI is InChI=1S/C26H28N4O4S/c1-15-8-9-18(25(32)33)14-21(15)30-16(2)13-19(17(30)3)24-23(20-7-5-6-11-27-20)28-26(35)29(24)12-10-22(31)34-4/h5-9,11,13-14,23-24H,10,12H2,1-4H3,(H,28,35)(H,32,33)/t23-,24+/m1/s1. The van der Waals surface area contributed by atoms with Gasteiger partial charge in [-0.2, -0.15) is 0 Å². The van der Waals surface area contributed by atoms with Crippen molar-refractivity contribution in [3.8, 4) is 5.69 Å². The van der Waals surface area contributed by atoms with Crippen molar-refractivity contribution in [2.75, 3.05) is 13.7 Å². The first-order valence-corrected chi connectivity index (χ1v) is 11.7. The Bertz CT molecular complexity index is 1290. The van der Waals surface area contributed by atoms with Gasteiger partial charge in [0, 0.05) is 29.8 Å². The number of aromatic nitrogens is 2. The van der Waals surface area contributed by atoms with E-state index in [0.29, 0.717) is 11.7 Å². The zero-order valence-electron chi connectivity index (χ0n) is 20.1. The molecule has 2 N–H and O–H groups in total. The van der Waals surface area contributed by atoms with E-state index < -0.39 is 5.97 Å². The van der Waals surface area contributed by atoms with Crippen molar-refractivity contribution in [1.82, 2.24) is 19.8 Å². The number of thiocarbonyl (C=S) groups is 1. The van der Waals surface area contributed by atoms with Crippen LogP contribution in [-0.4, -0.2) is 50.3 Å². The van der Waals surface area contributed by atoms with E-state index in [1.807, 2.05) is 49.9 Å². The van der Waals surface area contributed by atoms with Gasteiger partial charge in [-0.1, -0.05) is 12.1 Å². The van der Waals surface area contributed by atoms with Crippen molar-refractivity contribution in [3.63, 3.8) is 0 Å². The van der Waals surface area contributed by atoms with Gasteiger partial charge in [0.2, 0.25) is 0 Å². The molecule has 0 spiro atoms. The van der Waals surface area contributed by atoms with Crippen molar-refractivity contribution in [1.29, 1.82) is 0 Å². The molecule has 9 heteroatoms. The van der Waals surface area contributed by atoms with Crippen LogP contribution < -0.4 is 5.32 Å². The first-order chi connectivity index (χ1) is 16.7. The molecule has 182 valence electrons. The molecule has 1 aliphatic heterocycles. The third-order valence-corrected chi connectivity index (χ3v) is 6.82. The molecule has 0 saturated carbocycles. The number of hydrogen-bond acceptors (Lipinski definition) is 5. The summed E-state index contributed by atoms with van der Waals surface area (Å²) in [5, 5.41) is 13.5. The topological polar surface area (TPSA) is 96.7 Å². The number of aromatic carboxylic acids is 1. The molecular formula is C26H28N4O4S. The first-order valence-electron chi connectivity index (χ1n) is 11.3. The fraction of sp³-hybridized carbons (Fsp3) is 0.308. The van der Waals surface area contributed by atoms with Crippen LogP contribution in [-0.2, 0) is 9.53 Å². The number of aryl methyl sites for hydroxylation is 2. The molecular weight excluding hydrogens is 464 g/mol. The van der Waals surface area contributed by atoms with Gasteiger partial charge < -0.3 is 24.6 Å². The van der Waals surface area contributed by atoms with Crippen molar-refractivity contribution >= 4 is 29.3 Å². The largest absolute Gasteiger partial charge is 0.478 e. The highest BCUT2D eigenvalue weighted by Crippen LogP contribution is 2.41. The number of pyridine rings is 1. The molecule has 35 heavy (non-hydrogen) atoms. The van der Waals surface area contributed by atoms with Crippen LogP contribution in [0, 0.1) is 20.8 Å². The molecule has 3 heterocycles. The molecule has 1 saturated heterocycles. The SMILES string of the molecule is COC(=O)CCN1C(=S)N[C@H](c2ccccn2)[C@@H]1c1cc(C)n(-c2cc(C(=O)O)ccc2C)c1C. The Kier molecular flexibility index (Phi) is 6.88. The summed E-state index contributed by atoms with van der Waals surface area (Å²) in [5.74, 6) is -1.28. The number of benzene rings is 1. The third kappa shape index (κ3) is 4.64. The Labute approximate surface area is 209 Å². The number of carboxylic acids is 1. The summed E-state index contributed by atoms with van der Waals surface area (Å²) in [6.45, 7) is 6.37. The summed E-state index contributed by atoms with van der Waals surface area (Å²) < 4.78 is 6.93. The molecule has 0 radical (unpaired) electrons. The maximum Gasteiger partial charge on any atom is 0.335 e. The van der Waals surface area contributed by atoms with Gasteiger partial charge >= 0.3 is 11.9 Å². The van der Waals surface area contributed by atoms with Gasteiger partial charge in [0.25, 0.3) is 0 Å². The van der Waals surface area contributed by atoms with Crippen LogP contribution in [0.5, 0.6) is 0 Å². The first kappa shape index (κ1) is 24.4. The fourth-order valence-electron chi connectivity index (χ4n) is 4.74. The van der Waals surface area contributed by atoms with E-state index in [-0.39, 0.29) is 30.0 Å². The average Bonchev–Trinajstić information content (AvgIpc) is 3.32. The molecule has 1 aromatic carbocycles. The highest BCUT2D eigenvalue weighted by Gasteiger charge is 2.41. The van der Waals surface area contributed by atoms with Gasteiger partial charge in [-0.05, 0) is 74.4 Å². The van der Waals surface area contributed by atoms with Crippen LogP contribution >= 0.6 is 12.2 Å². The van der Waals surface area contributed by atoms with E-state index >= 15 is 0 Å². The lowest BCUT2D eigenvalue weighted by Gasteiger charge is -2.28. The lowest BCUT2D eigenvalue weighted by molar-refractivity contribution is -0.140. The van der Waals surface area contributed by atoms with Gasteiger partial charge in [-0.25, -0.2) is 4.79 Å². The van der Waals surface area contributed by atoms with Gasteiger partial charge in [-0.15, -0.1) is 0 Å². The number of methoxy groups -OCH3 is 1. The second-order valence-corrected chi connectivity index (χ2v) is 9.00. The van der Waals surface area contributed by atoms with E-state index in [9.17, 15) is 14.7 Å². The highest BCUT2D eigenvalue weighted by atomic mass is 32.1. The number of carbonyl (C=O) groups is 2. The Morgan fingerprint density at radius 2 is 1.94 bits per heavy atom. The predicted octanol–water partition coefficient (Wildman–Crippen LogP) is 4.03. The Morgan fingerprint density at radius 3 is 2.60 bits per heavy atom. The highest BCUT2D eigenvalue weighted by molar-refractivity contribution is 7.80. The zero-order chi connectivity index (χ0) is 25.3. The van der Waals surface area contributed by atoms with Crippen molar-refractivity contribution in [2.45, 2.75) is 39.3 Å². The number of hydrogen-bond donors (Lipinski definition) is 2. The molecule has 0 aliphatic carbocycles. The monoisotopic (exact) mass is 492 g/mol. The summed E-state index contributed by atoms with van der Waals surface area (Å²) in [6, 6.07) is 12.6. The fourth-order valence-corrected chi connectivity index (χ4v) is 5.07. The molecule has 1 aliphatic rings. The second-order valence-electron chi connectivity index (χ2n) is 8.61. The van der Waals surface area contributed by atoms with Crippen LogP contribution in [0.25, 0.3) is 5.69 Å². The van der Waals surface area contributed by atoms with Crippen LogP contribution in [0.2, 0.25) is 0 Å². The summed E-state index contributed by atoms with van der Waals surface area (Å²) in [5.41, 5.74) is 5.81. The maximum atomic E-state index is 11.9. The Hall–Kier alpha value is -3.72. The molecule has 8 nitrogen and oxygen atoms in total. The quantitative estimate of drug-likeness (QED) is 0.377. The summed E-state index contributed by atoms with van der Waals surface area (Å²) in [4.78, 5) is 30.1. The summed E-state index contributed by atoms with van der Waals surface area (Å²) in [7, 11) is 1.37. The Balaban J connectivity index is 1.83. The van der Waals surface area contributed by atoms with E-state index in [1.54, 1.807) is 18.3 Å². The minimum absolute atomic E-state index is 0.197. The van der Waals surface area contributed by atoms with E-state index in [0.717, 1.165) is 33.9 Å². The summed E-state index contributed by atoms with van der Waals surface area (Å²) in [6.07, 6.45) is 1.94. The molecule has 0 amide bonds. The van der Waals surface area contributed by atoms with Crippen molar-refractivity contribution in [2.24, 2.45) is 0 Å². The van der Waals surface area contributed by atoms with Gasteiger partial charge in [0.15, 0.2) is 5.11 Å². The van der Waals surface area contributed by atoms with Crippen LogP contribution in [0.1, 0.15) is 57.1 Å². The van der Waals surface area contributed by atoms with E-state index in [4.69, 9.17) is 17.0 Å². The number of carbonyl (C=O) groups excluding carboxylic acids is 1. The molecule has 0 bridgehead atoms. The minimum atomic E-state index is -0.969. The maximum absolute atomic E-state index is 11.9. The van der Waals surface area contributed by atoms with Gasteiger partial charge in [0.1, 0.15) is 0 Å². The zero-order valence-corrected chi connectivity index (χ0v) is 20.9. The van der Waals surface area contributed by atoms with E-state index in [2.05, 4.69) is 20.9 Å². The lowest BCUT2D eigenvalue weighted by atomic mass is 9.96. The van der Waals surface area contributed by atoms with Crippen molar-refractivity contribution < 1.29 is 19.4 Å². The molecule has 4 rings (SSSR count). The van der Waals surface area contributed by atoms with Crippen molar-refractivity contribution in [3.05, 3.63) is 82.4 Å². The smallest absolute Gasteiger partial charge is 0.335 e. The third-order valence-electron chi connectivity index (χ3n) is 6.47. The average molecular weight is 493 g/mol. The number of ether oxygens (including phenoxy) is 1. The molecule has 2 aromatic heterocycles. The van der Waals surface area contributed by atoms with Gasteiger partial charge in [0.05, 0.1) is 36.9 Å². The molecule has 1 fully saturated rings. The normalized spacial score (nSPS) is 17.4. The predicted molar refractivity (Wildman–Crippen MR) is 136 cm³/mol. The Morgan fingerprint density at radius 1 is 1.17 bits per heavy atom. The number of carboxylic acid groups (broad SMARTS) is 1. The number of rotatable bonds is 7. The van der Waals surface area contributed by atoms with E-state index in [1.165, 1.54) is 7.11 Å². The van der Waals surface area contributed by atoms with Crippen LogP contribution in [0.4, 0.5) is 0 Å². The number of nitrogens with zero attached hydrogens (tertiary/aromatic N) is 3. The van der Waals surface area contributed by atoms with Gasteiger partial charge in [-0.3, -0.25) is 9.78 Å². The molecule has 2 atom stereocenters. The number of nitrogens with one attached hydrogen (secondary N) is 1. The van der Waals surface area contributed by atoms with Crippen LogP contribution in [0.15, 0.2) is 48.7 Å². The minimum Gasteiger partial charge on any atom is -0.478 e.